The van der Waals surface area contributed by atoms with Gasteiger partial charge in [0.05, 0.1) is 12.5 Å². The number of nitrogens with one attached hydrogen (secondary N) is 1. The Kier molecular flexibility index (Phi) is 6.43. The normalized spacial score (nSPS) is 18.6. The molecule has 4 nitrogen and oxygen atoms in total. The number of benzene rings is 1. The van der Waals surface area contributed by atoms with Gasteiger partial charge in [-0.15, -0.1) is 0 Å². The van der Waals surface area contributed by atoms with Gasteiger partial charge in [-0.3, -0.25) is 9.80 Å². The number of anilines is 1. The van der Waals surface area contributed by atoms with Gasteiger partial charge >= 0.3 is 6.18 Å². The number of aryl methyl sites for hydroxylation is 2. The maximum absolute atomic E-state index is 13.1. The summed E-state index contributed by atoms with van der Waals surface area (Å²) in [5.41, 5.74) is 1.21. The van der Waals surface area contributed by atoms with Crippen LogP contribution in [0.1, 0.15) is 24.5 Å². The summed E-state index contributed by atoms with van der Waals surface area (Å²) in [6, 6.07) is 4.98. The van der Waals surface area contributed by atoms with Gasteiger partial charge in [-0.2, -0.15) is 18.3 Å². The molecule has 1 heterocycles. The van der Waals surface area contributed by atoms with E-state index in [9.17, 15) is 26.7 Å². The first-order valence-electron chi connectivity index (χ1n) is 8.53. The van der Waals surface area contributed by atoms with Crippen molar-refractivity contribution in [2.75, 3.05) is 18.9 Å². The van der Waals surface area contributed by atoms with Gasteiger partial charge in [0, 0.05) is 12.7 Å². The second-order valence-electron chi connectivity index (χ2n) is 6.85. The van der Waals surface area contributed by atoms with Gasteiger partial charge in [0.1, 0.15) is 11.6 Å². The van der Waals surface area contributed by atoms with Crippen LogP contribution in [0.5, 0.6) is 0 Å². The molecule has 0 aromatic heterocycles. The van der Waals surface area contributed by atoms with Crippen LogP contribution in [0.4, 0.5) is 27.6 Å². The quantitative estimate of drug-likeness (QED) is 0.737. The van der Waals surface area contributed by atoms with E-state index in [-0.39, 0.29) is 19.4 Å². The third-order valence-corrected chi connectivity index (χ3v) is 4.55. The Balaban J connectivity index is 2.14. The molecule has 0 fully saturated rings. The fourth-order valence-corrected chi connectivity index (χ4v) is 2.89. The SMILES string of the molecule is Cc1ccc(NC(=O)C2CN(C)N=C2C(F)F)c(CCC(C)C(F)(F)F)c1. The number of halogens is 5. The minimum Gasteiger partial charge on any atom is -0.325 e. The lowest BCUT2D eigenvalue weighted by Gasteiger charge is -2.18. The molecule has 1 aliphatic rings. The summed E-state index contributed by atoms with van der Waals surface area (Å²) >= 11 is 0. The van der Waals surface area contributed by atoms with E-state index >= 15 is 0 Å². The van der Waals surface area contributed by atoms with Gasteiger partial charge in [0.2, 0.25) is 5.91 Å². The first-order chi connectivity index (χ1) is 12.5. The zero-order valence-corrected chi connectivity index (χ0v) is 15.3. The molecule has 0 saturated heterocycles. The summed E-state index contributed by atoms with van der Waals surface area (Å²) in [6.07, 6.45) is -7.16. The van der Waals surface area contributed by atoms with Crippen molar-refractivity contribution in [2.45, 2.75) is 39.3 Å². The molecule has 1 N–H and O–H groups in total. The lowest BCUT2D eigenvalue weighted by atomic mass is 9.97. The van der Waals surface area contributed by atoms with Gasteiger partial charge in [-0.25, -0.2) is 8.78 Å². The van der Waals surface area contributed by atoms with Crippen LogP contribution in [-0.4, -0.2) is 42.8 Å². The number of hydrogen-bond acceptors (Lipinski definition) is 3. The Morgan fingerprint density at radius 2 is 2.04 bits per heavy atom. The Morgan fingerprint density at radius 3 is 2.63 bits per heavy atom. The molecule has 9 heteroatoms. The number of hydrazone groups is 1. The average Bonchev–Trinajstić information content (AvgIpc) is 2.96. The highest BCUT2D eigenvalue weighted by molar-refractivity contribution is 6.11. The Morgan fingerprint density at radius 1 is 1.37 bits per heavy atom. The molecule has 2 atom stereocenters. The van der Waals surface area contributed by atoms with Crippen LogP contribution in [-0.2, 0) is 11.2 Å². The third kappa shape index (κ3) is 5.40. The molecular weight excluding hydrogens is 369 g/mol. The highest BCUT2D eigenvalue weighted by atomic mass is 19.4. The molecule has 27 heavy (non-hydrogen) atoms. The number of carbonyl (C=O) groups is 1. The van der Waals surface area contributed by atoms with E-state index in [1.165, 1.54) is 12.1 Å². The summed E-state index contributed by atoms with van der Waals surface area (Å²) in [6.45, 7) is 2.92. The smallest absolute Gasteiger partial charge is 0.325 e. The first-order valence-corrected chi connectivity index (χ1v) is 8.53. The molecule has 150 valence electrons. The first kappa shape index (κ1) is 21.1. The standard InChI is InChI=1S/C18H22F5N3O/c1-10-4-7-14(12(8-10)6-5-11(2)18(21,22)23)24-17(27)13-9-26(3)25-15(13)16(19)20/h4,7-8,11,13,16H,5-6,9H2,1-3H3,(H,24,27). The topological polar surface area (TPSA) is 44.7 Å². The van der Waals surface area contributed by atoms with E-state index in [0.29, 0.717) is 11.3 Å². The monoisotopic (exact) mass is 391 g/mol. The highest BCUT2D eigenvalue weighted by Crippen LogP contribution is 2.31. The fourth-order valence-electron chi connectivity index (χ4n) is 2.89. The van der Waals surface area contributed by atoms with Gasteiger partial charge in [0.15, 0.2) is 0 Å². The highest BCUT2D eigenvalue weighted by Gasteiger charge is 2.37. The Hall–Kier alpha value is -2.19. The lowest BCUT2D eigenvalue weighted by molar-refractivity contribution is -0.170. The molecule has 0 aliphatic carbocycles. The number of carbonyl (C=O) groups excluding carboxylic acids is 1. The number of rotatable bonds is 6. The summed E-state index contributed by atoms with van der Waals surface area (Å²) in [5.74, 6) is -3.23. The van der Waals surface area contributed by atoms with Crippen molar-refractivity contribution in [3.63, 3.8) is 0 Å². The maximum atomic E-state index is 13.1. The molecular formula is C18H22F5N3O. The summed E-state index contributed by atoms with van der Waals surface area (Å²) in [5, 5.41) is 7.53. The van der Waals surface area contributed by atoms with Crippen LogP contribution in [0.15, 0.2) is 23.3 Å². The van der Waals surface area contributed by atoms with E-state index in [1.807, 2.05) is 0 Å². The van der Waals surface area contributed by atoms with E-state index in [4.69, 9.17) is 0 Å². The van der Waals surface area contributed by atoms with Crippen LogP contribution >= 0.6 is 0 Å². The van der Waals surface area contributed by atoms with Crippen molar-refractivity contribution in [1.29, 1.82) is 0 Å². The maximum Gasteiger partial charge on any atom is 0.391 e. The molecule has 0 saturated carbocycles. The number of nitrogens with zero attached hydrogens (tertiary/aromatic N) is 2. The van der Waals surface area contributed by atoms with Crippen molar-refractivity contribution >= 4 is 17.3 Å². The number of alkyl halides is 5. The van der Waals surface area contributed by atoms with E-state index in [0.717, 1.165) is 12.5 Å². The minimum atomic E-state index is -4.29. The molecule has 0 bridgehead atoms. The van der Waals surface area contributed by atoms with E-state index in [1.54, 1.807) is 25.1 Å². The molecule has 1 aliphatic heterocycles. The van der Waals surface area contributed by atoms with E-state index in [2.05, 4.69) is 10.4 Å². The summed E-state index contributed by atoms with van der Waals surface area (Å²) < 4.78 is 64.4. The van der Waals surface area contributed by atoms with Gasteiger partial charge in [-0.05, 0) is 31.4 Å². The van der Waals surface area contributed by atoms with Crippen LogP contribution in [0.25, 0.3) is 0 Å². The zero-order valence-electron chi connectivity index (χ0n) is 15.3. The van der Waals surface area contributed by atoms with Crippen molar-refractivity contribution in [2.24, 2.45) is 16.9 Å². The summed E-state index contributed by atoms with van der Waals surface area (Å²) in [7, 11) is 1.49. The minimum absolute atomic E-state index is 0.0256. The van der Waals surface area contributed by atoms with Crippen molar-refractivity contribution in [3.8, 4) is 0 Å². The zero-order chi connectivity index (χ0) is 20.4. The lowest BCUT2D eigenvalue weighted by Crippen LogP contribution is -2.34. The van der Waals surface area contributed by atoms with Gasteiger partial charge < -0.3 is 5.32 Å². The third-order valence-electron chi connectivity index (χ3n) is 4.55. The van der Waals surface area contributed by atoms with E-state index < -0.39 is 36.1 Å². The summed E-state index contributed by atoms with van der Waals surface area (Å²) in [4.78, 5) is 12.5. The predicted octanol–water partition coefficient (Wildman–Crippen LogP) is 4.25. The molecule has 0 radical (unpaired) electrons. The van der Waals surface area contributed by atoms with Crippen molar-refractivity contribution in [1.82, 2.24) is 5.01 Å². The van der Waals surface area contributed by atoms with Crippen LogP contribution < -0.4 is 5.32 Å². The van der Waals surface area contributed by atoms with Crippen LogP contribution in [0.2, 0.25) is 0 Å². The molecule has 2 rings (SSSR count). The second-order valence-corrected chi connectivity index (χ2v) is 6.85. The van der Waals surface area contributed by atoms with Crippen LogP contribution in [0, 0.1) is 18.8 Å². The number of amides is 1. The predicted molar refractivity (Wildman–Crippen MR) is 92.9 cm³/mol. The van der Waals surface area contributed by atoms with Crippen LogP contribution in [0.3, 0.4) is 0 Å². The Bertz CT molecular complexity index is 717. The second kappa shape index (κ2) is 8.22. The largest absolute Gasteiger partial charge is 0.391 e. The Labute approximate surface area is 154 Å². The van der Waals surface area contributed by atoms with Gasteiger partial charge in [-0.1, -0.05) is 24.6 Å². The molecule has 1 amide bonds. The van der Waals surface area contributed by atoms with Gasteiger partial charge in [0.25, 0.3) is 6.43 Å². The molecule has 0 spiro atoms. The average molecular weight is 391 g/mol. The molecule has 1 aromatic carbocycles. The molecule has 1 aromatic rings. The fraction of sp³-hybridized carbons (Fsp3) is 0.556. The van der Waals surface area contributed by atoms with Crippen molar-refractivity contribution < 1.29 is 26.7 Å². The number of hydrogen-bond donors (Lipinski definition) is 1. The van der Waals surface area contributed by atoms with Crippen molar-refractivity contribution in [3.05, 3.63) is 29.3 Å². The molecule has 2 unspecified atom stereocenters.